The summed E-state index contributed by atoms with van der Waals surface area (Å²) in [6.45, 7) is 3.19. The molecule has 0 bridgehead atoms. The van der Waals surface area contributed by atoms with E-state index in [2.05, 4.69) is 24.0 Å². The number of hydrogen-bond donors (Lipinski definition) is 1. The van der Waals surface area contributed by atoms with E-state index in [-0.39, 0.29) is 0 Å². The van der Waals surface area contributed by atoms with Gasteiger partial charge < -0.3 is 10.5 Å². The van der Waals surface area contributed by atoms with Crippen LogP contribution >= 0.6 is 0 Å². The summed E-state index contributed by atoms with van der Waals surface area (Å²) in [5.74, 6) is 0.894. The number of aryl methyl sites for hydroxylation is 1. The number of nitrogens with two attached hydrogens (primary N) is 1. The smallest absolute Gasteiger partial charge is 0.119 e. The Hall–Kier alpha value is -1.87. The molecule has 3 heteroatoms. The number of aromatic nitrogens is 1. The molecule has 0 aliphatic rings. The van der Waals surface area contributed by atoms with Crippen LogP contribution in [-0.2, 0) is 19.6 Å². The van der Waals surface area contributed by atoms with Crippen LogP contribution in [0.4, 0.5) is 0 Å². The summed E-state index contributed by atoms with van der Waals surface area (Å²) in [7, 11) is 0. The first kappa shape index (κ1) is 13.6. The van der Waals surface area contributed by atoms with Crippen molar-refractivity contribution in [3.8, 4) is 5.75 Å². The van der Waals surface area contributed by atoms with Crippen molar-refractivity contribution in [3.63, 3.8) is 0 Å². The first-order chi connectivity index (χ1) is 9.31. The molecule has 0 radical (unpaired) electrons. The van der Waals surface area contributed by atoms with E-state index in [4.69, 9.17) is 10.5 Å². The molecule has 0 saturated carbocycles. The Morgan fingerprint density at radius 3 is 2.58 bits per heavy atom. The zero-order chi connectivity index (χ0) is 13.5. The molecule has 0 amide bonds. The topological polar surface area (TPSA) is 48.1 Å². The van der Waals surface area contributed by atoms with E-state index in [1.807, 2.05) is 24.3 Å². The summed E-state index contributed by atoms with van der Waals surface area (Å²) in [4.78, 5) is 4.16. The molecule has 3 nitrogen and oxygen atoms in total. The van der Waals surface area contributed by atoms with Gasteiger partial charge >= 0.3 is 0 Å². The van der Waals surface area contributed by atoms with E-state index in [0.717, 1.165) is 23.4 Å². The van der Waals surface area contributed by atoms with Gasteiger partial charge in [-0.15, -0.1) is 0 Å². The van der Waals surface area contributed by atoms with Crippen molar-refractivity contribution in [3.05, 3.63) is 59.4 Å². The van der Waals surface area contributed by atoms with Crippen molar-refractivity contribution in [2.75, 3.05) is 0 Å². The third-order valence-corrected chi connectivity index (χ3v) is 2.96. The first-order valence-corrected chi connectivity index (χ1v) is 6.67. The van der Waals surface area contributed by atoms with Gasteiger partial charge in [0, 0.05) is 12.7 Å². The Labute approximate surface area is 114 Å². The summed E-state index contributed by atoms with van der Waals surface area (Å²) in [6.07, 6.45) is 4.05. The van der Waals surface area contributed by atoms with Crippen molar-refractivity contribution in [2.45, 2.75) is 32.9 Å². The third kappa shape index (κ3) is 4.07. The second-order valence-corrected chi connectivity index (χ2v) is 4.54. The second-order valence-electron chi connectivity index (χ2n) is 4.54. The normalized spacial score (nSPS) is 10.4. The van der Waals surface area contributed by atoms with Gasteiger partial charge in [-0.1, -0.05) is 25.5 Å². The monoisotopic (exact) mass is 256 g/mol. The molecule has 19 heavy (non-hydrogen) atoms. The summed E-state index contributed by atoms with van der Waals surface area (Å²) in [6, 6.07) is 12.2. The number of benzene rings is 1. The lowest BCUT2D eigenvalue weighted by atomic mass is 10.1. The van der Waals surface area contributed by atoms with Crippen molar-refractivity contribution >= 4 is 0 Å². The van der Waals surface area contributed by atoms with Crippen molar-refractivity contribution in [2.24, 2.45) is 5.73 Å². The lowest BCUT2D eigenvalue weighted by Gasteiger charge is -2.08. The molecule has 2 N–H and O–H groups in total. The fourth-order valence-corrected chi connectivity index (χ4v) is 1.94. The van der Waals surface area contributed by atoms with Crippen LogP contribution < -0.4 is 10.5 Å². The highest BCUT2D eigenvalue weighted by atomic mass is 16.5. The number of hydrogen-bond acceptors (Lipinski definition) is 3. The van der Waals surface area contributed by atoms with Gasteiger partial charge in [0.2, 0.25) is 0 Å². The molecule has 0 saturated heterocycles. The summed E-state index contributed by atoms with van der Waals surface area (Å²) >= 11 is 0. The maximum absolute atomic E-state index is 5.76. The standard InChI is InChI=1S/C16H20N2O/c1-2-3-13-4-6-16(7-5-13)19-12-14-8-9-18-15(10-14)11-17/h4-10H,2-3,11-12,17H2,1H3. The molecule has 2 rings (SSSR count). The minimum Gasteiger partial charge on any atom is -0.489 e. The highest BCUT2D eigenvalue weighted by molar-refractivity contribution is 5.28. The van der Waals surface area contributed by atoms with E-state index in [0.29, 0.717) is 13.2 Å². The molecule has 2 aromatic rings. The molecule has 0 fully saturated rings. The van der Waals surface area contributed by atoms with Gasteiger partial charge in [0.1, 0.15) is 12.4 Å². The maximum Gasteiger partial charge on any atom is 0.119 e. The largest absolute Gasteiger partial charge is 0.489 e. The van der Waals surface area contributed by atoms with Crippen LogP contribution in [-0.4, -0.2) is 4.98 Å². The second kappa shape index (κ2) is 6.90. The highest BCUT2D eigenvalue weighted by Crippen LogP contribution is 2.15. The molecular formula is C16H20N2O. The fraction of sp³-hybridized carbons (Fsp3) is 0.312. The van der Waals surface area contributed by atoms with Crippen LogP contribution in [0.1, 0.15) is 30.2 Å². The molecule has 1 aromatic carbocycles. The molecule has 0 atom stereocenters. The Morgan fingerprint density at radius 2 is 1.89 bits per heavy atom. The Morgan fingerprint density at radius 1 is 1.11 bits per heavy atom. The minimum atomic E-state index is 0.458. The Bertz CT molecular complexity index is 508. The van der Waals surface area contributed by atoms with Crippen molar-refractivity contribution in [1.82, 2.24) is 4.98 Å². The number of pyridine rings is 1. The molecule has 0 aliphatic heterocycles. The van der Waals surface area contributed by atoms with E-state index in [1.54, 1.807) is 6.20 Å². The van der Waals surface area contributed by atoms with Crippen molar-refractivity contribution in [1.29, 1.82) is 0 Å². The van der Waals surface area contributed by atoms with Gasteiger partial charge in [0.25, 0.3) is 0 Å². The van der Waals surface area contributed by atoms with Gasteiger partial charge in [-0.2, -0.15) is 0 Å². The lowest BCUT2D eigenvalue weighted by molar-refractivity contribution is 0.306. The average molecular weight is 256 g/mol. The first-order valence-electron chi connectivity index (χ1n) is 6.67. The van der Waals surface area contributed by atoms with E-state index in [1.165, 1.54) is 12.0 Å². The number of nitrogens with zero attached hydrogens (tertiary/aromatic N) is 1. The molecule has 0 spiro atoms. The van der Waals surface area contributed by atoms with Crippen LogP contribution in [0.15, 0.2) is 42.6 Å². The van der Waals surface area contributed by atoms with E-state index in [9.17, 15) is 0 Å². The molecule has 1 heterocycles. The predicted octanol–water partition coefficient (Wildman–Crippen LogP) is 3.07. The van der Waals surface area contributed by atoms with Gasteiger partial charge in [-0.3, -0.25) is 4.98 Å². The van der Waals surface area contributed by atoms with E-state index < -0.39 is 0 Å². The SMILES string of the molecule is CCCc1ccc(OCc2ccnc(CN)c2)cc1. The molecule has 1 aromatic heterocycles. The summed E-state index contributed by atoms with van der Waals surface area (Å²) < 4.78 is 5.76. The van der Waals surface area contributed by atoms with Crippen LogP contribution in [0.25, 0.3) is 0 Å². The van der Waals surface area contributed by atoms with Crippen LogP contribution in [0.2, 0.25) is 0 Å². The van der Waals surface area contributed by atoms with Crippen LogP contribution in [0.5, 0.6) is 5.75 Å². The minimum absolute atomic E-state index is 0.458. The zero-order valence-corrected chi connectivity index (χ0v) is 11.3. The Kier molecular flexibility index (Phi) is 4.93. The van der Waals surface area contributed by atoms with Gasteiger partial charge in [0.15, 0.2) is 0 Å². The van der Waals surface area contributed by atoms with Crippen LogP contribution in [0, 0.1) is 0 Å². The molecule has 0 unspecified atom stereocenters. The van der Waals surface area contributed by atoms with E-state index >= 15 is 0 Å². The molecular weight excluding hydrogens is 236 g/mol. The average Bonchev–Trinajstić information content (AvgIpc) is 2.47. The zero-order valence-electron chi connectivity index (χ0n) is 11.3. The maximum atomic E-state index is 5.76. The van der Waals surface area contributed by atoms with Gasteiger partial charge in [-0.25, -0.2) is 0 Å². The quantitative estimate of drug-likeness (QED) is 0.864. The number of rotatable bonds is 6. The van der Waals surface area contributed by atoms with Crippen molar-refractivity contribution < 1.29 is 4.74 Å². The molecule has 0 aliphatic carbocycles. The summed E-state index contributed by atoms with van der Waals surface area (Å²) in [5.41, 5.74) is 8.90. The Balaban J connectivity index is 1.94. The fourth-order valence-electron chi connectivity index (χ4n) is 1.94. The highest BCUT2D eigenvalue weighted by Gasteiger charge is 1.99. The van der Waals surface area contributed by atoms with Gasteiger partial charge in [0.05, 0.1) is 5.69 Å². The third-order valence-electron chi connectivity index (χ3n) is 2.96. The molecule has 100 valence electrons. The number of ether oxygens (including phenoxy) is 1. The van der Waals surface area contributed by atoms with Crippen LogP contribution in [0.3, 0.4) is 0 Å². The summed E-state index contributed by atoms with van der Waals surface area (Å²) in [5, 5.41) is 0. The van der Waals surface area contributed by atoms with Gasteiger partial charge in [-0.05, 0) is 41.8 Å². The predicted molar refractivity (Wildman–Crippen MR) is 76.9 cm³/mol. The lowest BCUT2D eigenvalue weighted by Crippen LogP contribution is -2.02.